The Balaban J connectivity index is 2.00. The summed E-state index contributed by atoms with van der Waals surface area (Å²) in [5.41, 5.74) is -4.42. The van der Waals surface area contributed by atoms with Crippen molar-refractivity contribution >= 4 is 23.7 Å². The van der Waals surface area contributed by atoms with Crippen molar-refractivity contribution in [2.75, 3.05) is 28.2 Å². The summed E-state index contributed by atoms with van der Waals surface area (Å²) in [6.45, 7) is 21.1. The number of aliphatic hydroxyl groups excluding tert-OH is 4. The van der Waals surface area contributed by atoms with Crippen LogP contribution in [-0.2, 0) is 61.8 Å². The second-order valence-electron chi connectivity index (χ2n) is 21.3. The van der Waals surface area contributed by atoms with Crippen molar-refractivity contribution in [2.24, 2.45) is 23.2 Å². The molecule has 388 valence electrons. The molecule has 0 aromatic carbocycles. The van der Waals surface area contributed by atoms with Gasteiger partial charge in [-0.05, 0) is 89.0 Å². The van der Waals surface area contributed by atoms with Gasteiger partial charge in [-0.2, -0.15) is 0 Å². The first kappa shape index (κ1) is 57.2. The molecule has 4 heterocycles. The maximum absolute atomic E-state index is 14.7. The Kier molecular flexibility index (Phi) is 19.4. The van der Waals surface area contributed by atoms with E-state index in [1.54, 1.807) is 69.2 Å². The molecule has 4 aliphatic heterocycles. The van der Waals surface area contributed by atoms with Crippen LogP contribution >= 0.6 is 0 Å². The van der Waals surface area contributed by atoms with Crippen LogP contribution in [0.1, 0.15) is 122 Å². The fourth-order valence-electron chi connectivity index (χ4n) is 10.9. The molecule has 19 heteroatoms. The maximum Gasteiger partial charge on any atom is 0.311 e. The maximum atomic E-state index is 14.7. The number of ether oxygens (including phenoxy) is 9. The largest absolute Gasteiger partial charge is 0.461 e. The molecule has 0 spiro atoms. The molecule has 21 atom stereocenters. The van der Waals surface area contributed by atoms with Crippen LogP contribution in [0.4, 0.5) is 0 Å². The number of esters is 3. The molecule has 4 rings (SSSR count). The number of carbonyl (C=O) groups excluding carboxylic acids is 4. The second-order valence-corrected chi connectivity index (χ2v) is 21.3. The van der Waals surface area contributed by atoms with E-state index in [4.69, 9.17) is 42.6 Å². The smallest absolute Gasteiger partial charge is 0.311 e. The number of cyclic esters (lactones) is 1. The molecule has 0 amide bonds. The number of hydrogen-bond acceptors (Lipinski definition) is 19. The van der Waals surface area contributed by atoms with Gasteiger partial charge >= 0.3 is 17.9 Å². The van der Waals surface area contributed by atoms with Crippen LogP contribution in [-0.4, -0.2) is 191 Å². The van der Waals surface area contributed by atoms with Gasteiger partial charge in [0.15, 0.2) is 36.4 Å². The summed E-state index contributed by atoms with van der Waals surface area (Å²) in [6, 6.07) is -0.825. The zero-order valence-corrected chi connectivity index (χ0v) is 43.0. The quantitative estimate of drug-likeness (QED) is 0.172. The molecule has 0 saturated carbocycles. The fourth-order valence-corrected chi connectivity index (χ4v) is 10.9. The third kappa shape index (κ3) is 13.1. The Morgan fingerprint density at radius 2 is 1.31 bits per heavy atom. The summed E-state index contributed by atoms with van der Waals surface area (Å²) in [6.07, 6.45) is -15.0. The number of nitrogens with zero attached hydrogens (tertiary/aromatic N) is 2. The topological polar surface area (TPSA) is 239 Å². The molecule has 4 N–H and O–H groups in total. The highest BCUT2D eigenvalue weighted by Crippen LogP contribution is 2.44. The van der Waals surface area contributed by atoms with Gasteiger partial charge in [0.1, 0.15) is 18.3 Å². The van der Waals surface area contributed by atoms with Gasteiger partial charge in [0.25, 0.3) is 0 Å². The number of ketones is 1. The van der Waals surface area contributed by atoms with Crippen molar-refractivity contribution in [1.82, 2.24) is 9.80 Å². The van der Waals surface area contributed by atoms with Crippen LogP contribution in [0.15, 0.2) is 0 Å². The number of hydrogen-bond donors (Lipinski definition) is 4. The van der Waals surface area contributed by atoms with Gasteiger partial charge in [-0.15, -0.1) is 0 Å². The summed E-state index contributed by atoms with van der Waals surface area (Å²) in [5, 5.41) is 46.6. The van der Waals surface area contributed by atoms with E-state index in [0.717, 1.165) is 0 Å². The molecule has 0 radical (unpaired) electrons. The highest BCUT2D eigenvalue weighted by Gasteiger charge is 2.56. The lowest BCUT2D eigenvalue weighted by Crippen LogP contribution is -2.63. The van der Waals surface area contributed by atoms with Gasteiger partial charge in [0, 0.05) is 56.0 Å². The van der Waals surface area contributed by atoms with Crippen molar-refractivity contribution < 1.29 is 82.2 Å². The number of aliphatic hydroxyl groups is 4. The van der Waals surface area contributed by atoms with Gasteiger partial charge in [0.2, 0.25) is 0 Å². The van der Waals surface area contributed by atoms with Gasteiger partial charge in [0.05, 0.1) is 54.2 Å². The molecule has 4 aliphatic rings. The second kappa shape index (κ2) is 22.8. The summed E-state index contributed by atoms with van der Waals surface area (Å²) in [7, 11) is 7.35. The Bertz CT molecular complexity index is 1680. The summed E-state index contributed by atoms with van der Waals surface area (Å²) < 4.78 is 58.0. The van der Waals surface area contributed by atoms with Crippen molar-refractivity contribution in [3.8, 4) is 0 Å². The normalized spacial score (nSPS) is 45.0. The zero-order chi connectivity index (χ0) is 50.8. The van der Waals surface area contributed by atoms with Crippen LogP contribution < -0.4 is 0 Å². The molecule has 21 unspecified atom stereocenters. The molecular formula is C48H84N2O17. The first-order chi connectivity index (χ1) is 30.9. The minimum absolute atomic E-state index is 0.145. The van der Waals surface area contributed by atoms with E-state index >= 15 is 0 Å². The van der Waals surface area contributed by atoms with Crippen molar-refractivity contribution in [3.63, 3.8) is 0 Å². The molecule has 0 aliphatic carbocycles. The number of likely N-dealkylation sites (N-methyl/N-ethyl adjacent to an activating group) is 2. The SMILES string of the molecule is CCC1OC(=O)C(C)C(OC2CC(C)(OC(C)=O)C(OC(C)=O)C(C)O2)C(C)C(OC2OC(C)CC(N(C)C)C2O)C(C)(OC2CC(N(C)C)C(O)C(C)O2)CC(C)C(=O)C(O)C(O)C1(C)C. The molecule has 0 bridgehead atoms. The minimum atomic E-state index is -1.90. The van der Waals surface area contributed by atoms with E-state index in [1.807, 2.05) is 44.9 Å². The fraction of sp³-hybridized carbons (Fsp3) is 0.917. The van der Waals surface area contributed by atoms with Crippen molar-refractivity contribution in [3.05, 3.63) is 0 Å². The molecule has 0 aromatic heterocycles. The van der Waals surface area contributed by atoms with Gasteiger partial charge in [-0.3, -0.25) is 19.2 Å². The lowest BCUT2D eigenvalue weighted by Gasteiger charge is -2.51. The third-order valence-corrected chi connectivity index (χ3v) is 14.7. The zero-order valence-electron chi connectivity index (χ0n) is 43.0. The molecule has 4 saturated heterocycles. The van der Waals surface area contributed by atoms with E-state index in [-0.39, 0.29) is 31.8 Å². The lowest BCUT2D eigenvalue weighted by atomic mass is 9.73. The number of rotatable bonds is 11. The van der Waals surface area contributed by atoms with Crippen LogP contribution in [0.5, 0.6) is 0 Å². The van der Waals surface area contributed by atoms with E-state index in [9.17, 15) is 39.6 Å². The van der Waals surface area contributed by atoms with Gasteiger partial charge in [-0.1, -0.05) is 34.6 Å². The summed E-state index contributed by atoms with van der Waals surface area (Å²) in [4.78, 5) is 57.9. The Hall–Kier alpha value is -2.40. The Labute approximate surface area is 397 Å². The predicted molar refractivity (Wildman–Crippen MR) is 242 cm³/mol. The first-order valence-corrected chi connectivity index (χ1v) is 24.0. The molecule has 4 fully saturated rings. The van der Waals surface area contributed by atoms with E-state index in [2.05, 4.69) is 0 Å². The molecular weight excluding hydrogens is 877 g/mol. The monoisotopic (exact) mass is 961 g/mol. The molecule has 19 nitrogen and oxygen atoms in total. The average Bonchev–Trinajstić information content (AvgIpc) is 3.21. The van der Waals surface area contributed by atoms with Crippen molar-refractivity contribution in [1.29, 1.82) is 0 Å². The van der Waals surface area contributed by atoms with Gasteiger partial charge in [-0.25, -0.2) is 0 Å². The predicted octanol–water partition coefficient (Wildman–Crippen LogP) is 2.72. The van der Waals surface area contributed by atoms with E-state index in [0.29, 0.717) is 6.42 Å². The number of Topliss-reactive ketones (excluding diaryl/α,β-unsaturated/α-hetero) is 1. The Morgan fingerprint density at radius 1 is 0.731 bits per heavy atom. The molecule has 0 aromatic rings. The van der Waals surface area contributed by atoms with Crippen LogP contribution in [0, 0.1) is 23.2 Å². The number of carbonyl (C=O) groups is 4. The summed E-state index contributed by atoms with van der Waals surface area (Å²) >= 11 is 0. The highest BCUT2D eigenvalue weighted by atomic mass is 16.7. The van der Waals surface area contributed by atoms with Crippen molar-refractivity contribution in [2.45, 2.75) is 231 Å². The Morgan fingerprint density at radius 3 is 1.87 bits per heavy atom. The first-order valence-electron chi connectivity index (χ1n) is 24.0. The van der Waals surface area contributed by atoms with E-state index < -0.39 is 150 Å². The van der Waals surface area contributed by atoms with E-state index in [1.165, 1.54) is 13.8 Å². The summed E-state index contributed by atoms with van der Waals surface area (Å²) in [5.74, 6) is -5.81. The third-order valence-electron chi connectivity index (χ3n) is 14.7. The average molecular weight is 961 g/mol. The minimum Gasteiger partial charge on any atom is -0.461 e. The highest BCUT2D eigenvalue weighted by molar-refractivity contribution is 5.85. The van der Waals surface area contributed by atoms with Gasteiger partial charge < -0.3 is 72.9 Å². The van der Waals surface area contributed by atoms with Crippen LogP contribution in [0.25, 0.3) is 0 Å². The van der Waals surface area contributed by atoms with Crippen LogP contribution in [0.2, 0.25) is 0 Å². The lowest BCUT2D eigenvalue weighted by molar-refractivity contribution is -0.340. The molecule has 67 heavy (non-hydrogen) atoms. The standard InChI is InChI=1S/C48H84N2O17/c1-18-33-46(10,11)41(57)39(56)36(53)23(2)21-47(12,67-34-20-32(50(16)17)37(54)27(6)60-34)42(65-45-38(55)31(49(14)15)19-24(3)59-45)25(4)40(26(5)44(58)63-33)64-35-22-48(13,66-30(9)52)43(28(7)61-35)62-29(8)51/h23-28,31-35,37-43,45,54-57H,18-22H2,1-17H3. The van der Waals surface area contributed by atoms with Crippen LogP contribution in [0.3, 0.4) is 0 Å².